The number of hydrogen-bond acceptors (Lipinski definition) is 3. The fourth-order valence-electron chi connectivity index (χ4n) is 2.28. The molecule has 0 bridgehead atoms. The van der Waals surface area contributed by atoms with Crippen molar-refractivity contribution in [1.29, 1.82) is 0 Å². The van der Waals surface area contributed by atoms with Gasteiger partial charge in [0.15, 0.2) is 0 Å². The van der Waals surface area contributed by atoms with Gasteiger partial charge in [0.2, 0.25) is 5.91 Å². The maximum absolute atomic E-state index is 11.7. The molecule has 1 unspecified atom stereocenters. The van der Waals surface area contributed by atoms with Gasteiger partial charge in [-0.3, -0.25) is 9.69 Å². The van der Waals surface area contributed by atoms with Crippen molar-refractivity contribution in [3.05, 3.63) is 0 Å². The third-order valence-electron chi connectivity index (χ3n) is 3.29. The largest absolute Gasteiger partial charge is 0.348 e. The number of carbonyl (C=O) groups excluding carboxylic acids is 1. The van der Waals surface area contributed by atoms with E-state index in [0.717, 1.165) is 26.1 Å². The van der Waals surface area contributed by atoms with Crippen LogP contribution in [0.25, 0.3) is 0 Å². The highest BCUT2D eigenvalue weighted by atomic mass is 16.2. The average Bonchev–Trinajstić information content (AvgIpc) is 2.30. The molecule has 4 heteroatoms. The molecule has 1 N–H and O–H groups in total. The summed E-state index contributed by atoms with van der Waals surface area (Å²) in [6.07, 6.45) is 4.96. The van der Waals surface area contributed by atoms with Crippen LogP contribution in [0.5, 0.6) is 0 Å². The van der Waals surface area contributed by atoms with E-state index >= 15 is 0 Å². The molecule has 1 aliphatic rings. The summed E-state index contributed by atoms with van der Waals surface area (Å²) in [4.78, 5) is 15.7. The van der Waals surface area contributed by atoms with E-state index in [1.54, 1.807) is 4.90 Å². The minimum absolute atomic E-state index is 0.203. The first kappa shape index (κ1) is 14.5. The van der Waals surface area contributed by atoms with E-state index in [0.29, 0.717) is 12.6 Å². The van der Waals surface area contributed by atoms with Crippen LogP contribution in [0.1, 0.15) is 32.6 Å². The van der Waals surface area contributed by atoms with Gasteiger partial charge in [-0.1, -0.05) is 13.3 Å². The molecular weight excluding hydrogens is 214 g/mol. The standard InChI is InChI=1S/C13H27N3O/c1-4-9-16(11-13(17)15(2)3)10-12-7-5-6-8-14-12/h12,14H,4-11H2,1-3H3. The minimum Gasteiger partial charge on any atom is -0.348 e. The van der Waals surface area contributed by atoms with Crippen molar-refractivity contribution in [2.45, 2.75) is 38.6 Å². The van der Waals surface area contributed by atoms with Gasteiger partial charge in [0.1, 0.15) is 0 Å². The number of rotatable bonds is 6. The van der Waals surface area contributed by atoms with Crippen LogP contribution in [-0.2, 0) is 4.79 Å². The van der Waals surface area contributed by atoms with Gasteiger partial charge in [0.25, 0.3) is 0 Å². The highest BCUT2D eigenvalue weighted by Gasteiger charge is 2.18. The monoisotopic (exact) mass is 241 g/mol. The molecule has 0 aromatic heterocycles. The molecule has 1 aliphatic heterocycles. The number of carbonyl (C=O) groups is 1. The summed E-state index contributed by atoms with van der Waals surface area (Å²) >= 11 is 0. The molecule has 1 saturated heterocycles. The Morgan fingerprint density at radius 2 is 2.12 bits per heavy atom. The molecule has 0 spiro atoms. The quantitative estimate of drug-likeness (QED) is 0.751. The van der Waals surface area contributed by atoms with Crippen LogP contribution in [0.4, 0.5) is 0 Å². The molecule has 0 saturated carbocycles. The smallest absolute Gasteiger partial charge is 0.236 e. The third-order valence-corrected chi connectivity index (χ3v) is 3.29. The Bertz CT molecular complexity index is 225. The van der Waals surface area contributed by atoms with Gasteiger partial charge in [0.05, 0.1) is 6.54 Å². The van der Waals surface area contributed by atoms with Gasteiger partial charge in [-0.25, -0.2) is 0 Å². The van der Waals surface area contributed by atoms with E-state index in [-0.39, 0.29) is 5.91 Å². The fraction of sp³-hybridized carbons (Fsp3) is 0.923. The number of nitrogens with zero attached hydrogens (tertiary/aromatic N) is 2. The molecule has 1 amide bonds. The molecule has 0 aliphatic carbocycles. The van der Waals surface area contributed by atoms with Crippen molar-refractivity contribution in [3.8, 4) is 0 Å². The lowest BCUT2D eigenvalue weighted by Crippen LogP contribution is -2.46. The zero-order valence-electron chi connectivity index (χ0n) is 11.5. The van der Waals surface area contributed by atoms with E-state index in [9.17, 15) is 4.79 Å². The van der Waals surface area contributed by atoms with Crippen LogP contribution in [0.2, 0.25) is 0 Å². The van der Waals surface area contributed by atoms with Gasteiger partial charge in [-0.2, -0.15) is 0 Å². The fourth-order valence-corrected chi connectivity index (χ4v) is 2.28. The van der Waals surface area contributed by atoms with E-state index in [4.69, 9.17) is 0 Å². The van der Waals surface area contributed by atoms with Crippen molar-refractivity contribution in [2.24, 2.45) is 0 Å². The Kier molecular flexibility index (Phi) is 6.52. The van der Waals surface area contributed by atoms with Crippen LogP contribution in [-0.4, -0.2) is 62.0 Å². The Hall–Kier alpha value is -0.610. The van der Waals surface area contributed by atoms with Gasteiger partial charge < -0.3 is 10.2 Å². The number of piperidine rings is 1. The molecule has 100 valence electrons. The summed E-state index contributed by atoms with van der Waals surface area (Å²) in [5.74, 6) is 0.203. The normalized spacial score (nSPS) is 20.6. The molecular formula is C13H27N3O. The van der Waals surface area contributed by atoms with Crippen LogP contribution >= 0.6 is 0 Å². The predicted molar refractivity (Wildman–Crippen MR) is 71.1 cm³/mol. The molecule has 1 heterocycles. The number of amides is 1. The van der Waals surface area contributed by atoms with Crippen LogP contribution in [0.3, 0.4) is 0 Å². The van der Waals surface area contributed by atoms with E-state index < -0.39 is 0 Å². The average molecular weight is 241 g/mol. The summed E-state index contributed by atoms with van der Waals surface area (Å²) in [6.45, 7) is 5.87. The lowest BCUT2D eigenvalue weighted by molar-refractivity contribution is -0.130. The van der Waals surface area contributed by atoms with Crippen LogP contribution < -0.4 is 5.32 Å². The van der Waals surface area contributed by atoms with Crippen LogP contribution in [0.15, 0.2) is 0 Å². The summed E-state index contributed by atoms with van der Waals surface area (Å²) in [5.41, 5.74) is 0. The second-order valence-corrected chi connectivity index (χ2v) is 5.17. The van der Waals surface area contributed by atoms with Gasteiger partial charge in [0, 0.05) is 26.7 Å². The Morgan fingerprint density at radius 1 is 1.35 bits per heavy atom. The number of nitrogens with one attached hydrogen (secondary N) is 1. The van der Waals surface area contributed by atoms with Gasteiger partial charge in [-0.15, -0.1) is 0 Å². The Morgan fingerprint density at radius 3 is 2.65 bits per heavy atom. The van der Waals surface area contributed by atoms with Crippen molar-refractivity contribution in [1.82, 2.24) is 15.1 Å². The first-order chi connectivity index (χ1) is 8.13. The minimum atomic E-state index is 0.203. The molecule has 17 heavy (non-hydrogen) atoms. The molecule has 1 atom stereocenters. The van der Waals surface area contributed by atoms with Gasteiger partial charge >= 0.3 is 0 Å². The van der Waals surface area contributed by atoms with E-state index in [1.807, 2.05) is 14.1 Å². The summed E-state index contributed by atoms with van der Waals surface area (Å²) < 4.78 is 0. The van der Waals surface area contributed by atoms with Crippen molar-refractivity contribution < 1.29 is 4.79 Å². The molecule has 0 aromatic carbocycles. The first-order valence-corrected chi connectivity index (χ1v) is 6.79. The second kappa shape index (κ2) is 7.67. The van der Waals surface area contributed by atoms with Crippen molar-refractivity contribution >= 4 is 5.91 Å². The van der Waals surface area contributed by atoms with Crippen molar-refractivity contribution in [3.63, 3.8) is 0 Å². The Balaban J connectivity index is 2.38. The molecule has 0 aromatic rings. The predicted octanol–water partition coefficient (Wildman–Crippen LogP) is 0.929. The zero-order valence-corrected chi connectivity index (χ0v) is 11.5. The topological polar surface area (TPSA) is 35.6 Å². The molecule has 1 rings (SSSR count). The van der Waals surface area contributed by atoms with Crippen LogP contribution in [0, 0.1) is 0 Å². The Labute approximate surface area is 105 Å². The highest BCUT2D eigenvalue weighted by molar-refractivity contribution is 5.77. The third kappa shape index (κ3) is 5.50. The van der Waals surface area contributed by atoms with Crippen molar-refractivity contribution in [2.75, 3.05) is 40.3 Å². The number of likely N-dealkylation sites (N-methyl/N-ethyl adjacent to an activating group) is 1. The lowest BCUT2D eigenvalue weighted by Gasteiger charge is -2.30. The maximum atomic E-state index is 11.7. The first-order valence-electron chi connectivity index (χ1n) is 6.79. The SMILES string of the molecule is CCCN(CC(=O)N(C)C)CC1CCCCN1. The molecule has 4 nitrogen and oxygen atoms in total. The van der Waals surface area contributed by atoms with Gasteiger partial charge in [-0.05, 0) is 32.4 Å². The summed E-state index contributed by atoms with van der Waals surface area (Å²) in [5, 5.41) is 3.54. The summed E-state index contributed by atoms with van der Waals surface area (Å²) in [6, 6.07) is 0.574. The van der Waals surface area contributed by atoms with E-state index in [2.05, 4.69) is 17.1 Å². The maximum Gasteiger partial charge on any atom is 0.236 e. The summed E-state index contributed by atoms with van der Waals surface area (Å²) in [7, 11) is 3.65. The lowest BCUT2D eigenvalue weighted by atomic mass is 10.0. The molecule has 0 radical (unpaired) electrons. The number of hydrogen-bond donors (Lipinski definition) is 1. The highest BCUT2D eigenvalue weighted by Crippen LogP contribution is 2.09. The van der Waals surface area contributed by atoms with E-state index in [1.165, 1.54) is 19.3 Å². The second-order valence-electron chi connectivity index (χ2n) is 5.17. The molecule has 1 fully saturated rings. The zero-order chi connectivity index (χ0) is 12.7.